The third-order valence-electron chi connectivity index (χ3n) is 4.69. The van der Waals surface area contributed by atoms with E-state index in [1.807, 2.05) is 30.3 Å². The van der Waals surface area contributed by atoms with Crippen LogP contribution in [-0.4, -0.2) is 42.3 Å². The van der Waals surface area contributed by atoms with E-state index in [0.717, 1.165) is 5.56 Å². The molecule has 0 unspecified atom stereocenters. The molecule has 2 atom stereocenters. The molecule has 0 heterocycles. The molecule has 3 amide bonds. The van der Waals surface area contributed by atoms with Gasteiger partial charge in [-0.25, -0.2) is 0 Å². The highest BCUT2D eigenvalue weighted by atomic mass is 35.5. The van der Waals surface area contributed by atoms with Crippen LogP contribution in [0.3, 0.4) is 0 Å². The average molecular weight is 493 g/mol. The number of hydrogen-bond donors (Lipinski definition) is 5. The number of hydrogen-bond acceptors (Lipinski definition) is 4. The summed E-state index contributed by atoms with van der Waals surface area (Å²) in [7, 11) is 0. The quantitative estimate of drug-likeness (QED) is 0.181. The highest BCUT2D eigenvalue weighted by Gasteiger charge is 2.26. The van der Waals surface area contributed by atoms with Gasteiger partial charge in [0.15, 0.2) is 5.96 Å². The number of carbonyl (C=O) groups is 3. The number of rotatable bonds is 11. The third kappa shape index (κ3) is 8.63. The molecule has 0 aromatic heterocycles. The van der Waals surface area contributed by atoms with Crippen LogP contribution in [-0.2, 0) is 16.0 Å². The normalized spacial score (nSPS) is 12.3. The molecule has 0 bridgehead atoms. The Kier molecular flexibility index (Phi) is 9.96. The summed E-state index contributed by atoms with van der Waals surface area (Å²) >= 11 is 12.0. The number of benzene rings is 2. The van der Waals surface area contributed by atoms with E-state index in [0.29, 0.717) is 11.4 Å². The molecule has 2 aromatic rings. The summed E-state index contributed by atoms with van der Waals surface area (Å²) in [4.78, 5) is 41.6. The molecule has 0 aliphatic heterocycles. The van der Waals surface area contributed by atoms with E-state index in [4.69, 9.17) is 40.4 Å². The summed E-state index contributed by atoms with van der Waals surface area (Å²) in [5.74, 6) is -1.92. The van der Waals surface area contributed by atoms with Gasteiger partial charge in [0.25, 0.3) is 5.91 Å². The number of nitrogens with zero attached hydrogens (tertiary/aromatic N) is 1. The lowest BCUT2D eigenvalue weighted by molar-refractivity contribution is -0.128. The van der Waals surface area contributed by atoms with Crippen LogP contribution in [0.2, 0.25) is 10.0 Å². The van der Waals surface area contributed by atoms with Gasteiger partial charge in [0.1, 0.15) is 12.1 Å². The van der Waals surface area contributed by atoms with Gasteiger partial charge in [-0.05, 0) is 36.6 Å². The van der Waals surface area contributed by atoms with E-state index in [1.165, 1.54) is 18.2 Å². The maximum atomic E-state index is 13.0. The molecular weight excluding hydrogens is 467 g/mol. The predicted octanol–water partition coefficient (Wildman–Crippen LogP) is 1.36. The maximum Gasteiger partial charge on any atom is 0.253 e. The number of amides is 3. The first-order chi connectivity index (χ1) is 15.7. The van der Waals surface area contributed by atoms with Gasteiger partial charge in [-0.3, -0.25) is 19.4 Å². The summed E-state index contributed by atoms with van der Waals surface area (Å²) in [6.45, 7) is 0.257. The SMILES string of the molecule is NC(=O)[C@H](Cc1ccccc1)NC(=O)[C@H](CCCN=C(N)N)NC(=O)c1ccc(Cl)cc1Cl. The van der Waals surface area contributed by atoms with Gasteiger partial charge in [-0.1, -0.05) is 53.5 Å². The topological polar surface area (TPSA) is 166 Å². The Labute approximate surface area is 201 Å². The minimum Gasteiger partial charge on any atom is -0.370 e. The van der Waals surface area contributed by atoms with Crippen LogP contribution in [0.4, 0.5) is 0 Å². The summed E-state index contributed by atoms with van der Waals surface area (Å²) in [6.07, 6.45) is 0.806. The third-order valence-corrected chi connectivity index (χ3v) is 5.23. The fraction of sp³-hybridized carbons (Fsp3) is 0.273. The Hall–Kier alpha value is -3.30. The minimum atomic E-state index is -0.990. The molecule has 0 spiro atoms. The second-order valence-corrected chi connectivity index (χ2v) is 8.10. The van der Waals surface area contributed by atoms with Crippen LogP contribution in [0, 0.1) is 0 Å². The number of nitrogens with one attached hydrogen (secondary N) is 2. The standard InChI is InChI=1S/C22H26Cl2N6O3/c23-14-8-9-15(16(24)12-14)20(32)29-17(7-4-10-28-22(26)27)21(33)30-18(19(25)31)11-13-5-2-1-3-6-13/h1-3,5-6,8-9,12,17-18H,4,7,10-11H2,(H2,25,31)(H,29,32)(H,30,33)(H4,26,27,28)/t17-,18-/m0/s1. The first-order valence-electron chi connectivity index (χ1n) is 10.1. The van der Waals surface area contributed by atoms with E-state index in [-0.39, 0.29) is 35.9 Å². The van der Waals surface area contributed by atoms with Crippen molar-refractivity contribution in [1.82, 2.24) is 10.6 Å². The van der Waals surface area contributed by atoms with Crippen molar-refractivity contribution in [2.45, 2.75) is 31.3 Å². The molecule has 0 saturated heterocycles. The monoisotopic (exact) mass is 492 g/mol. The van der Waals surface area contributed by atoms with Gasteiger partial charge in [0.05, 0.1) is 10.6 Å². The van der Waals surface area contributed by atoms with Crippen molar-refractivity contribution in [1.29, 1.82) is 0 Å². The Morgan fingerprint density at radius 2 is 1.64 bits per heavy atom. The number of nitrogens with two attached hydrogens (primary N) is 3. The molecule has 0 aliphatic rings. The largest absolute Gasteiger partial charge is 0.370 e. The second kappa shape index (κ2) is 12.7. The van der Waals surface area contributed by atoms with Gasteiger partial charge < -0.3 is 27.8 Å². The first-order valence-corrected chi connectivity index (χ1v) is 10.9. The van der Waals surface area contributed by atoms with Crippen molar-refractivity contribution in [2.24, 2.45) is 22.2 Å². The smallest absolute Gasteiger partial charge is 0.253 e. The molecule has 0 aliphatic carbocycles. The van der Waals surface area contributed by atoms with Crippen molar-refractivity contribution in [2.75, 3.05) is 6.54 Å². The van der Waals surface area contributed by atoms with Crippen LogP contribution < -0.4 is 27.8 Å². The van der Waals surface area contributed by atoms with Gasteiger partial charge in [-0.2, -0.15) is 0 Å². The van der Waals surface area contributed by atoms with Gasteiger partial charge >= 0.3 is 0 Å². The fourth-order valence-electron chi connectivity index (χ4n) is 3.03. The molecule has 0 radical (unpaired) electrons. The van der Waals surface area contributed by atoms with Crippen LogP contribution in [0.25, 0.3) is 0 Å². The van der Waals surface area contributed by atoms with Gasteiger partial charge in [-0.15, -0.1) is 0 Å². The molecule has 8 N–H and O–H groups in total. The predicted molar refractivity (Wildman–Crippen MR) is 129 cm³/mol. The van der Waals surface area contributed by atoms with E-state index >= 15 is 0 Å². The lowest BCUT2D eigenvalue weighted by Crippen LogP contribution is -2.53. The molecule has 0 saturated carbocycles. The van der Waals surface area contributed by atoms with Gasteiger partial charge in [0.2, 0.25) is 11.8 Å². The van der Waals surface area contributed by atoms with Crippen LogP contribution in [0.1, 0.15) is 28.8 Å². The van der Waals surface area contributed by atoms with E-state index in [2.05, 4.69) is 15.6 Å². The number of aliphatic imine (C=N–C) groups is 1. The molecule has 176 valence electrons. The zero-order valence-corrected chi connectivity index (χ0v) is 19.3. The Morgan fingerprint density at radius 3 is 2.24 bits per heavy atom. The summed E-state index contributed by atoms with van der Waals surface area (Å²) < 4.78 is 0. The number of carbonyl (C=O) groups excluding carboxylic acids is 3. The number of guanidine groups is 1. The van der Waals surface area contributed by atoms with E-state index < -0.39 is 29.8 Å². The highest BCUT2D eigenvalue weighted by Crippen LogP contribution is 2.21. The Morgan fingerprint density at radius 1 is 0.939 bits per heavy atom. The van der Waals surface area contributed by atoms with E-state index in [9.17, 15) is 14.4 Å². The minimum absolute atomic E-state index is 0.0790. The summed E-state index contributed by atoms with van der Waals surface area (Å²) in [6, 6.07) is 11.6. The molecule has 11 heteroatoms. The van der Waals surface area contributed by atoms with Crippen molar-refractivity contribution >= 4 is 46.9 Å². The molecule has 0 fully saturated rings. The molecule has 2 rings (SSSR count). The fourth-order valence-corrected chi connectivity index (χ4v) is 3.52. The molecule has 33 heavy (non-hydrogen) atoms. The van der Waals surface area contributed by atoms with Crippen molar-refractivity contribution < 1.29 is 14.4 Å². The van der Waals surface area contributed by atoms with Crippen LogP contribution >= 0.6 is 23.2 Å². The van der Waals surface area contributed by atoms with Gasteiger partial charge in [0, 0.05) is 18.0 Å². The second-order valence-electron chi connectivity index (χ2n) is 7.25. The van der Waals surface area contributed by atoms with Crippen LogP contribution in [0.15, 0.2) is 53.5 Å². The number of halogens is 2. The van der Waals surface area contributed by atoms with Crippen molar-refractivity contribution in [3.8, 4) is 0 Å². The molecule has 2 aromatic carbocycles. The van der Waals surface area contributed by atoms with E-state index in [1.54, 1.807) is 0 Å². The highest BCUT2D eigenvalue weighted by molar-refractivity contribution is 6.36. The van der Waals surface area contributed by atoms with Crippen LogP contribution in [0.5, 0.6) is 0 Å². The summed E-state index contributed by atoms with van der Waals surface area (Å²) in [5.41, 5.74) is 17.1. The first kappa shape index (κ1) is 26.0. The maximum absolute atomic E-state index is 13.0. The summed E-state index contributed by atoms with van der Waals surface area (Å²) in [5, 5.41) is 5.78. The van der Waals surface area contributed by atoms with Crippen molar-refractivity contribution in [3.05, 3.63) is 69.7 Å². The van der Waals surface area contributed by atoms with Crippen molar-refractivity contribution in [3.63, 3.8) is 0 Å². The Balaban J connectivity index is 2.15. The zero-order chi connectivity index (χ0) is 24.4. The average Bonchev–Trinajstić information content (AvgIpc) is 2.75. The zero-order valence-electron chi connectivity index (χ0n) is 17.8. The lowest BCUT2D eigenvalue weighted by atomic mass is 10.0. The number of primary amides is 1. The molecular formula is C22H26Cl2N6O3. The molecule has 9 nitrogen and oxygen atoms in total. The lowest BCUT2D eigenvalue weighted by Gasteiger charge is -2.22. The Bertz CT molecular complexity index is 1010.